The molecule has 0 bridgehead atoms. The molecule has 2 aliphatic rings. The molecule has 0 spiro atoms. The molecule has 1 atom stereocenters. The van der Waals surface area contributed by atoms with Gasteiger partial charge in [-0.3, -0.25) is 4.90 Å². The smallest absolute Gasteiger partial charge is 0.0931 e. The lowest BCUT2D eigenvalue weighted by Crippen LogP contribution is -2.47. The molecule has 106 valence electrons. The molecule has 0 saturated carbocycles. The number of halogens is 1. The Balaban J connectivity index is 1.81. The highest BCUT2D eigenvalue weighted by atomic mass is 35.5. The van der Waals surface area contributed by atoms with Crippen molar-refractivity contribution in [3.8, 4) is 0 Å². The first-order valence-electron chi connectivity index (χ1n) is 7.12. The van der Waals surface area contributed by atoms with Gasteiger partial charge >= 0.3 is 0 Å². The third-order valence-electron chi connectivity index (χ3n) is 4.14. The molecule has 0 aromatic carbocycles. The average Bonchev–Trinajstić information content (AvgIpc) is 2.88. The van der Waals surface area contributed by atoms with Crippen LogP contribution in [-0.4, -0.2) is 44.3 Å². The van der Waals surface area contributed by atoms with Crippen LogP contribution in [0.1, 0.15) is 23.8 Å². The van der Waals surface area contributed by atoms with Gasteiger partial charge in [0.1, 0.15) is 0 Å². The lowest BCUT2D eigenvalue weighted by Gasteiger charge is -2.40. The van der Waals surface area contributed by atoms with E-state index in [9.17, 15) is 0 Å². The van der Waals surface area contributed by atoms with Crippen LogP contribution in [-0.2, 0) is 4.74 Å². The molecule has 3 rings (SSSR count). The molecule has 2 fully saturated rings. The second kappa shape index (κ2) is 6.55. The minimum atomic E-state index is 0.531. The highest BCUT2D eigenvalue weighted by molar-refractivity contribution is 7.16. The SMILES string of the molecule is Clc1ccc([C@H](C2CCOCC2)N2CCNCC2)s1. The maximum Gasteiger partial charge on any atom is 0.0931 e. The minimum Gasteiger partial charge on any atom is -0.381 e. The van der Waals surface area contributed by atoms with Crippen molar-refractivity contribution in [2.24, 2.45) is 5.92 Å². The lowest BCUT2D eigenvalue weighted by atomic mass is 9.89. The monoisotopic (exact) mass is 300 g/mol. The van der Waals surface area contributed by atoms with E-state index in [1.54, 1.807) is 11.3 Å². The molecule has 0 radical (unpaired) electrons. The van der Waals surface area contributed by atoms with Crippen molar-refractivity contribution in [1.82, 2.24) is 10.2 Å². The fourth-order valence-corrected chi connectivity index (χ4v) is 4.48. The Kier molecular flexibility index (Phi) is 4.77. The van der Waals surface area contributed by atoms with Crippen molar-refractivity contribution in [2.45, 2.75) is 18.9 Å². The molecular formula is C14H21ClN2OS. The van der Waals surface area contributed by atoms with Crippen molar-refractivity contribution in [3.63, 3.8) is 0 Å². The van der Waals surface area contributed by atoms with Crippen LogP contribution in [0.4, 0.5) is 0 Å². The summed E-state index contributed by atoms with van der Waals surface area (Å²) in [4.78, 5) is 4.06. The number of nitrogens with one attached hydrogen (secondary N) is 1. The Morgan fingerprint density at radius 2 is 2.00 bits per heavy atom. The lowest BCUT2D eigenvalue weighted by molar-refractivity contribution is 0.0223. The number of thiophene rings is 1. The number of nitrogens with zero attached hydrogens (tertiary/aromatic N) is 1. The molecule has 0 unspecified atom stereocenters. The van der Waals surface area contributed by atoms with Gasteiger partial charge in [0, 0.05) is 50.3 Å². The number of rotatable bonds is 3. The third-order valence-corrected chi connectivity index (χ3v) is 5.44. The number of piperazine rings is 1. The van der Waals surface area contributed by atoms with E-state index in [1.807, 2.05) is 6.07 Å². The minimum absolute atomic E-state index is 0.531. The molecule has 0 amide bonds. The number of hydrogen-bond acceptors (Lipinski definition) is 4. The largest absolute Gasteiger partial charge is 0.381 e. The summed E-state index contributed by atoms with van der Waals surface area (Å²) in [5.41, 5.74) is 0. The van der Waals surface area contributed by atoms with Crippen LogP contribution in [0.3, 0.4) is 0 Å². The summed E-state index contributed by atoms with van der Waals surface area (Å²) in [5.74, 6) is 0.710. The summed E-state index contributed by atoms with van der Waals surface area (Å²) >= 11 is 7.89. The van der Waals surface area contributed by atoms with Crippen molar-refractivity contribution < 1.29 is 4.74 Å². The Morgan fingerprint density at radius 3 is 2.63 bits per heavy atom. The van der Waals surface area contributed by atoms with Gasteiger partial charge in [0.2, 0.25) is 0 Å². The van der Waals surface area contributed by atoms with Gasteiger partial charge in [-0.2, -0.15) is 0 Å². The van der Waals surface area contributed by atoms with Crippen LogP contribution in [0.5, 0.6) is 0 Å². The Morgan fingerprint density at radius 1 is 1.26 bits per heavy atom. The van der Waals surface area contributed by atoms with Crippen LogP contribution < -0.4 is 5.32 Å². The van der Waals surface area contributed by atoms with Crippen LogP contribution in [0.2, 0.25) is 4.34 Å². The molecule has 1 aromatic heterocycles. The van der Waals surface area contributed by atoms with Gasteiger partial charge in [0.25, 0.3) is 0 Å². The Hall–Kier alpha value is -0.130. The van der Waals surface area contributed by atoms with Crippen molar-refractivity contribution in [2.75, 3.05) is 39.4 Å². The summed E-state index contributed by atoms with van der Waals surface area (Å²) in [7, 11) is 0. The van der Waals surface area contributed by atoms with Crippen LogP contribution in [0.15, 0.2) is 12.1 Å². The second-order valence-electron chi connectivity index (χ2n) is 5.32. The Labute approximate surface area is 123 Å². The zero-order valence-electron chi connectivity index (χ0n) is 11.1. The first-order chi connectivity index (χ1) is 9.34. The van der Waals surface area contributed by atoms with Gasteiger partial charge in [-0.05, 0) is 30.9 Å². The molecule has 1 N–H and O–H groups in total. The molecule has 19 heavy (non-hydrogen) atoms. The average molecular weight is 301 g/mol. The Bertz CT molecular complexity index is 382. The predicted octanol–water partition coefficient (Wildman–Crippen LogP) is 2.77. The highest BCUT2D eigenvalue weighted by Gasteiger charge is 2.32. The van der Waals surface area contributed by atoms with E-state index in [1.165, 1.54) is 17.7 Å². The van der Waals surface area contributed by atoms with Gasteiger partial charge in [-0.15, -0.1) is 11.3 Å². The summed E-state index contributed by atoms with van der Waals surface area (Å²) < 4.78 is 6.43. The van der Waals surface area contributed by atoms with Crippen molar-refractivity contribution in [1.29, 1.82) is 0 Å². The number of ether oxygens (including phenoxy) is 1. The van der Waals surface area contributed by atoms with Crippen molar-refractivity contribution in [3.05, 3.63) is 21.3 Å². The predicted molar refractivity (Wildman–Crippen MR) is 80.1 cm³/mol. The van der Waals surface area contributed by atoms with Gasteiger partial charge in [-0.1, -0.05) is 11.6 Å². The highest BCUT2D eigenvalue weighted by Crippen LogP contribution is 2.39. The van der Waals surface area contributed by atoms with Crippen LogP contribution in [0, 0.1) is 5.92 Å². The van der Waals surface area contributed by atoms with E-state index in [0.29, 0.717) is 12.0 Å². The second-order valence-corrected chi connectivity index (χ2v) is 7.07. The molecule has 0 aliphatic carbocycles. The zero-order chi connectivity index (χ0) is 13.1. The number of hydrogen-bond donors (Lipinski definition) is 1. The third kappa shape index (κ3) is 3.31. The standard InChI is InChI=1S/C14H21ClN2OS/c15-13-2-1-12(19-13)14(11-3-9-18-10-4-11)17-7-5-16-6-8-17/h1-2,11,14,16H,3-10H2/t14-/m0/s1. The normalized spacial score (nSPS) is 24.5. The molecule has 3 heterocycles. The van der Waals surface area contributed by atoms with E-state index in [4.69, 9.17) is 16.3 Å². The van der Waals surface area contributed by atoms with Gasteiger partial charge in [-0.25, -0.2) is 0 Å². The molecule has 5 heteroatoms. The van der Waals surface area contributed by atoms with E-state index >= 15 is 0 Å². The fourth-order valence-electron chi connectivity index (χ4n) is 3.19. The molecule has 3 nitrogen and oxygen atoms in total. The molecule has 2 aliphatic heterocycles. The van der Waals surface area contributed by atoms with Crippen LogP contribution in [0.25, 0.3) is 0 Å². The van der Waals surface area contributed by atoms with E-state index in [0.717, 1.165) is 43.7 Å². The van der Waals surface area contributed by atoms with E-state index in [-0.39, 0.29) is 0 Å². The van der Waals surface area contributed by atoms with Crippen LogP contribution >= 0.6 is 22.9 Å². The molecular weight excluding hydrogens is 280 g/mol. The van der Waals surface area contributed by atoms with Gasteiger partial charge in [0.05, 0.1) is 4.34 Å². The summed E-state index contributed by atoms with van der Waals surface area (Å²) in [5, 5.41) is 3.44. The van der Waals surface area contributed by atoms with E-state index < -0.39 is 0 Å². The van der Waals surface area contributed by atoms with Gasteiger partial charge < -0.3 is 10.1 Å². The maximum atomic E-state index is 6.15. The van der Waals surface area contributed by atoms with Gasteiger partial charge in [0.15, 0.2) is 0 Å². The van der Waals surface area contributed by atoms with E-state index in [2.05, 4.69) is 16.3 Å². The summed E-state index contributed by atoms with van der Waals surface area (Å²) in [6.45, 7) is 6.28. The zero-order valence-corrected chi connectivity index (χ0v) is 12.7. The summed E-state index contributed by atoms with van der Waals surface area (Å²) in [6, 6.07) is 4.79. The first kappa shape index (κ1) is 13.8. The fraction of sp³-hybridized carbons (Fsp3) is 0.714. The first-order valence-corrected chi connectivity index (χ1v) is 8.32. The topological polar surface area (TPSA) is 24.5 Å². The quantitative estimate of drug-likeness (QED) is 0.929. The van der Waals surface area contributed by atoms with Crippen molar-refractivity contribution >= 4 is 22.9 Å². The maximum absolute atomic E-state index is 6.15. The molecule has 1 aromatic rings. The molecule has 2 saturated heterocycles. The summed E-state index contributed by atoms with van der Waals surface area (Å²) in [6.07, 6.45) is 2.34.